The number of carbonyl (C=O) groups is 3. The number of likely N-dealkylation sites (tertiary alicyclic amines) is 1. The number of rotatable bonds is 9. The fourth-order valence-electron chi connectivity index (χ4n) is 5.46. The third-order valence-corrected chi connectivity index (χ3v) is 8.34. The standard InChI is InChI=1S/C21H23ClN4O4.C14H23N3O3/c1-12-13-11-23-19(22)10-14(13)26(24-12)16-9-18-15(8-17(16)28-5)25(6-7-29-18)20(27)30-21(2,3)4;1-14(2,9-15)10-20-13(19)12-3-6-17(7-4-12)8-5-16-11-18/h8-11H,6-7H2,1-5H3;11-12H,3-8,10H2,1-2H3,(H,16,18). The van der Waals surface area contributed by atoms with Gasteiger partial charge in [0.2, 0.25) is 6.41 Å². The van der Waals surface area contributed by atoms with Gasteiger partial charge >= 0.3 is 12.1 Å². The fraction of sp³-hybridized carbons (Fsp3) is 0.543. The van der Waals surface area contributed by atoms with Crippen molar-refractivity contribution in [3.63, 3.8) is 0 Å². The van der Waals surface area contributed by atoms with Crippen molar-refractivity contribution in [2.45, 2.75) is 60.0 Å². The summed E-state index contributed by atoms with van der Waals surface area (Å²) in [7, 11) is 1.57. The predicted molar refractivity (Wildman–Crippen MR) is 188 cm³/mol. The second-order valence-corrected chi connectivity index (χ2v) is 14.2. The van der Waals surface area contributed by atoms with Gasteiger partial charge in [-0.1, -0.05) is 11.6 Å². The minimum absolute atomic E-state index is 0.0697. The SMILES string of the molecule is CC(C)(C#N)COC(=O)C1CCN(CCNC=O)CC1.COc1cc2c(cc1-n1nc(C)c3cnc(Cl)cc31)OCCN2C(=O)OC(C)(C)C. The second kappa shape index (κ2) is 16.4. The van der Waals surface area contributed by atoms with Gasteiger partial charge in [0.1, 0.15) is 41.2 Å². The van der Waals surface area contributed by atoms with Gasteiger partial charge in [0.15, 0.2) is 0 Å². The molecule has 0 bridgehead atoms. The molecule has 0 atom stereocenters. The van der Waals surface area contributed by atoms with Crippen molar-refractivity contribution in [1.82, 2.24) is 25.0 Å². The minimum Gasteiger partial charge on any atom is -0.494 e. The maximum Gasteiger partial charge on any atom is 0.415 e. The van der Waals surface area contributed by atoms with Crippen molar-refractivity contribution in [2.24, 2.45) is 11.3 Å². The summed E-state index contributed by atoms with van der Waals surface area (Å²) < 4.78 is 24.0. The van der Waals surface area contributed by atoms with Crippen LogP contribution in [0.3, 0.4) is 0 Å². The minimum atomic E-state index is -0.628. The van der Waals surface area contributed by atoms with E-state index >= 15 is 0 Å². The lowest BCUT2D eigenvalue weighted by Gasteiger charge is -2.32. The number of halogens is 1. The Kier molecular flexibility index (Phi) is 12.5. The van der Waals surface area contributed by atoms with Crippen LogP contribution < -0.4 is 19.7 Å². The van der Waals surface area contributed by atoms with Gasteiger partial charge < -0.3 is 29.2 Å². The van der Waals surface area contributed by atoms with Gasteiger partial charge in [0.05, 0.1) is 48.0 Å². The van der Waals surface area contributed by atoms with Crippen LogP contribution in [0.1, 0.15) is 53.2 Å². The number of piperidine rings is 1. The number of benzene rings is 1. The zero-order valence-corrected chi connectivity index (χ0v) is 30.5. The third kappa shape index (κ3) is 9.76. The molecular formula is C35H46ClN7O7. The molecule has 50 heavy (non-hydrogen) atoms. The van der Waals surface area contributed by atoms with Crippen LogP contribution >= 0.6 is 11.6 Å². The van der Waals surface area contributed by atoms with Crippen molar-refractivity contribution in [3.8, 4) is 23.3 Å². The van der Waals surface area contributed by atoms with E-state index in [4.69, 9.17) is 35.8 Å². The van der Waals surface area contributed by atoms with Crippen molar-refractivity contribution < 1.29 is 33.3 Å². The second-order valence-electron chi connectivity index (χ2n) is 13.8. The summed E-state index contributed by atoms with van der Waals surface area (Å²) in [5.41, 5.74) is 1.64. The number of fused-ring (bicyclic) bond motifs is 2. The van der Waals surface area contributed by atoms with Crippen molar-refractivity contribution in [2.75, 3.05) is 57.9 Å². The molecule has 1 saturated heterocycles. The Hall–Kier alpha value is -4.61. The van der Waals surface area contributed by atoms with E-state index in [0.29, 0.717) is 54.1 Å². The molecule has 1 aromatic carbocycles. The molecule has 1 fully saturated rings. The molecule has 2 aliphatic rings. The van der Waals surface area contributed by atoms with Crippen LogP contribution in [0, 0.1) is 29.6 Å². The average molecular weight is 712 g/mol. The van der Waals surface area contributed by atoms with Gasteiger partial charge in [-0.05, 0) is 67.5 Å². The maximum atomic E-state index is 12.7. The normalized spacial score (nSPS) is 15.1. The summed E-state index contributed by atoms with van der Waals surface area (Å²) in [5.74, 6) is 0.813. The Morgan fingerprint density at radius 3 is 2.50 bits per heavy atom. The monoisotopic (exact) mass is 711 g/mol. The first-order chi connectivity index (χ1) is 23.7. The Morgan fingerprint density at radius 1 is 1.14 bits per heavy atom. The number of anilines is 1. The summed E-state index contributed by atoms with van der Waals surface area (Å²) in [6, 6.07) is 7.44. The van der Waals surface area contributed by atoms with Crippen LogP contribution in [0.25, 0.3) is 16.6 Å². The first-order valence-corrected chi connectivity index (χ1v) is 16.9. The molecule has 4 heterocycles. The smallest absolute Gasteiger partial charge is 0.415 e. The topological polar surface area (TPSA) is 161 Å². The number of hydrogen-bond acceptors (Lipinski definition) is 11. The number of esters is 1. The molecule has 3 aromatic rings. The molecule has 2 aliphatic heterocycles. The number of pyridine rings is 1. The Balaban J connectivity index is 0.000000246. The summed E-state index contributed by atoms with van der Waals surface area (Å²) >= 11 is 6.12. The molecule has 0 saturated carbocycles. The van der Waals surface area contributed by atoms with Crippen LogP contribution in [-0.2, 0) is 19.1 Å². The van der Waals surface area contributed by atoms with E-state index in [1.165, 1.54) is 0 Å². The van der Waals surface area contributed by atoms with E-state index < -0.39 is 17.1 Å². The molecule has 14 nitrogen and oxygen atoms in total. The Bertz CT molecular complexity index is 1720. The van der Waals surface area contributed by atoms with Crippen molar-refractivity contribution in [3.05, 3.63) is 35.2 Å². The van der Waals surface area contributed by atoms with Gasteiger partial charge in [0.25, 0.3) is 0 Å². The quantitative estimate of drug-likeness (QED) is 0.137. The van der Waals surface area contributed by atoms with Crippen LogP contribution in [0.5, 0.6) is 11.5 Å². The number of hydrogen-bond donors (Lipinski definition) is 1. The highest BCUT2D eigenvalue weighted by molar-refractivity contribution is 6.30. The average Bonchev–Trinajstić information content (AvgIpc) is 3.41. The molecule has 2 aromatic heterocycles. The molecule has 0 unspecified atom stereocenters. The summed E-state index contributed by atoms with van der Waals surface area (Å²) in [5, 5.41) is 17.4. The summed E-state index contributed by atoms with van der Waals surface area (Å²) in [6.45, 7) is 14.9. The van der Waals surface area contributed by atoms with E-state index in [9.17, 15) is 14.4 Å². The highest BCUT2D eigenvalue weighted by atomic mass is 35.5. The van der Waals surface area contributed by atoms with Crippen LogP contribution in [-0.4, -0.2) is 96.8 Å². The molecular weight excluding hydrogens is 666 g/mol. The van der Waals surface area contributed by atoms with Gasteiger partial charge in [-0.3, -0.25) is 14.5 Å². The first-order valence-electron chi connectivity index (χ1n) is 16.5. The molecule has 0 spiro atoms. The molecule has 270 valence electrons. The van der Waals surface area contributed by atoms with E-state index in [1.54, 1.807) is 48.9 Å². The molecule has 1 N–H and O–H groups in total. The summed E-state index contributed by atoms with van der Waals surface area (Å²) in [6.07, 6.45) is 3.50. The number of nitriles is 1. The number of ether oxygens (including phenoxy) is 4. The molecule has 15 heteroatoms. The van der Waals surface area contributed by atoms with Gasteiger partial charge in [0, 0.05) is 42.9 Å². The van der Waals surface area contributed by atoms with Crippen LogP contribution in [0.4, 0.5) is 10.5 Å². The van der Waals surface area contributed by atoms with Gasteiger partial charge in [-0.15, -0.1) is 0 Å². The van der Waals surface area contributed by atoms with Crippen LogP contribution in [0.2, 0.25) is 5.15 Å². The number of amides is 2. The molecule has 0 aliphatic carbocycles. The van der Waals surface area contributed by atoms with E-state index in [-0.39, 0.29) is 18.5 Å². The lowest BCUT2D eigenvalue weighted by atomic mass is 9.95. The molecule has 0 radical (unpaired) electrons. The lowest BCUT2D eigenvalue weighted by Crippen LogP contribution is -2.41. The van der Waals surface area contributed by atoms with Crippen LogP contribution in [0.15, 0.2) is 24.4 Å². The number of aryl methyl sites for hydroxylation is 1. The molecule has 5 rings (SSSR count). The largest absolute Gasteiger partial charge is 0.494 e. The van der Waals surface area contributed by atoms with E-state index in [0.717, 1.165) is 49.1 Å². The van der Waals surface area contributed by atoms with E-state index in [1.807, 2.05) is 33.8 Å². The van der Waals surface area contributed by atoms with Crippen molar-refractivity contribution >= 4 is 46.7 Å². The van der Waals surface area contributed by atoms with Gasteiger partial charge in [-0.2, -0.15) is 10.4 Å². The Morgan fingerprint density at radius 2 is 1.86 bits per heavy atom. The summed E-state index contributed by atoms with van der Waals surface area (Å²) in [4.78, 5) is 42.7. The molecule has 2 amide bonds. The fourth-order valence-corrected chi connectivity index (χ4v) is 5.61. The number of carbonyl (C=O) groups excluding carboxylic acids is 3. The number of nitrogens with one attached hydrogen (secondary N) is 1. The van der Waals surface area contributed by atoms with Gasteiger partial charge in [-0.25, -0.2) is 14.5 Å². The Labute approximate surface area is 297 Å². The van der Waals surface area contributed by atoms with E-state index in [2.05, 4.69) is 26.4 Å². The number of methoxy groups -OCH3 is 1. The highest BCUT2D eigenvalue weighted by Crippen LogP contribution is 2.41. The first kappa shape index (κ1) is 38.2. The third-order valence-electron chi connectivity index (χ3n) is 8.14. The highest BCUT2D eigenvalue weighted by Gasteiger charge is 2.31. The predicted octanol–water partition coefficient (Wildman–Crippen LogP) is 5.06. The zero-order chi connectivity index (χ0) is 36.6. The number of nitrogens with zero attached hydrogens (tertiary/aromatic N) is 6. The maximum absolute atomic E-state index is 12.7. The van der Waals surface area contributed by atoms with Crippen molar-refractivity contribution in [1.29, 1.82) is 5.26 Å². The number of aromatic nitrogens is 3. The zero-order valence-electron chi connectivity index (χ0n) is 29.7. The lowest BCUT2D eigenvalue weighted by molar-refractivity contribution is -0.152.